The maximum atomic E-state index is 11.0. The van der Waals surface area contributed by atoms with Gasteiger partial charge in [-0.1, -0.05) is 5.92 Å². The molecule has 0 rings (SSSR count). The molecule has 0 radical (unpaired) electrons. The summed E-state index contributed by atoms with van der Waals surface area (Å²) < 4.78 is 4.95. The molecule has 0 fully saturated rings. The monoisotopic (exact) mass is 193 g/mol. The van der Waals surface area contributed by atoms with Crippen LogP contribution in [0.3, 0.4) is 0 Å². The summed E-state index contributed by atoms with van der Waals surface area (Å²) in [5.74, 6) is 5.15. The zero-order valence-corrected chi connectivity index (χ0v) is 8.81. The fourth-order valence-corrected chi connectivity index (χ4v) is 0.596. The van der Waals surface area contributed by atoms with E-state index in [0.717, 1.165) is 0 Å². The molecule has 3 nitrogen and oxygen atoms in total. The molecule has 0 saturated heterocycles. The first-order valence-electron chi connectivity index (χ1n) is 4.36. The first-order chi connectivity index (χ1) is 6.45. The number of rotatable bonds is 1. The van der Waals surface area contributed by atoms with E-state index in [9.17, 15) is 4.79 Å². The summed E-state index contributed by atoms with van der Waals surface area (Å²) in [6.07, 6.45) is 5.65. The van der Waals surface area contributed by atoms with Crippen molar-refractivity contribution in [3.05, 3.63) is 0 Å². The zero-order chi connectivity index (χ0) is 11.0. The lowest BCUT2D eigenvalue weighted by atomic mass is 10.2. The van der Waals surface area contributed by atoms with Gasteiger partial charge in [0.15, 0.2) is 0 Å². The van der Waals surface area contributed by atoms with Gasteiger partial charge in [-0.3, -0.25) is 0 Å². The van der Waals surface area contributed by atoms with Crippen molar-refractivity contribution in [1.82, 2.24) is 5.32 Å². The van der Waals surface area contributed by atoms with Crippen molar-refractivity contribution in [2.45, 2.75) is 39.2 Å². The third-order valence-electron chi connectivity index (χ3n) is 1.05. The SMILES string of the molecule is C#CCCC#CNC(=O)OC(C)(C)C. The number of carbonyl (C=O) groups excluding carboxylic acids is 1. The van der Waals surface area contributed by atoms with Gasteiger partial charge >= 0.3 is 6.09 Å². The lowest BCUT2D eigenvalue weighted by Gasteiger charge is -2.18. The topological polar surface area (TPSA) is 38.3 Å². The van der Waals surface area contributed by atoms with Crippen molar-refractivity contribution < 1.29 is 9.53 Å². The van der Waals surface area contributed by atoms with Crippen LogP contribution < -0.4 is 5.32 Å². The molecule has 0 aliphatic rings. The van der Waals surface area contributed by atoms with E-state index < -0.39 is 11.7 Å². The van der Waals surface area contributed by atoms with E-state index in [1.54, 1.807) is 20.8 Å². The molecule has 0 aliphatic carbocycles. The Morgan fingerprint density at radius 2 is 2.07 bits per heavy atom. The molecule has 0 heterocycles. The van der Waals surface area contributed by atoms with Crippen LogP contribution in [-0.4, -0.2) is 11.7 Å². The Kier molecular flexibility index (Phi) is 5.26. The Bertz CT molecular complexity index is 283. The second-order valence-corrected chi connectivity index (χ2v) is 3.63. The van der Waals surface area contributed by atoms with Gasteiger partial charge < -0.3 is 4.74 Å². The molecule has 0 unspecified atom stereocenters. The van der Waals surface area contributed by atoms with Crippen LogP contribution in [0.4, 0.5) is 4.79 Å². The highest BCUT2D eigenvalue weighted by molar-refractivity contribution is 5.69. The third kappa shape index (κ3) is 8.49. The summed E-state index contributed by atoms with van der Waals surface area (Å²) in [7, 11) is 0. The number of amides is 1. The lowest BCUT2D eigenvalue weighted by molar-refractivity contribution is 0.0557. The number of terminal acetylenes is 1. The maximum Gasteiger partial charge on any atom is 0.419 e. The van der Waals surface area contributed by atoms with Gasteiger partial charge in [-0.25, -0.2) is 10.1 Å². The molecule has 0 saturated carbocycles. The van der Waals surface area contributed by atoms with Gasteiger partial charge in [0.2, 0.25) is 0 Å². The van der Waals surface area contributed by atoms with Gasteiger partial charge in [0.25, 0.3) is 0 Å². The van der Waals surface area contributed by atoms with E-state index >= 15 is 0 Å². The Balaban J connectivity index is 3.74. The molecule has 0 bridgehead atoms. The predicted molar refractivity (Wildman–Crippen MR) is 55.2 cm³/mol. The minimum absolute atomic E-state index is 0.495. The molecular formula is C11H15NO2. The van der Waals surface area contributed by atoms with E-state index in [2.05, 4.69) is 23.2 Å². The van der Waals surface area contributed by atoms with E-state index in [-0.39, 0.29) is 0 Å². The number of ether oxygens (including phenoxy) is 1. The summed E-state index contributed by atoms with van der Waals surface area (Å²) in [4.78, 5) is 11.0. The largest absolute Gasteiger partial charge is 0.443 e. The highest BCUT2D eigenvalue weighted by atomic mass is 16.6. The minimum atomic E-state index is -0.536. The van der Waals surface area contributed by atoms with E-state index in [1.807, 2.05) is 0 Å². The molecule has 0 aliphatic heterocycles. The summed E-state index contributed by atoms with van der Waals surface area (Å²) >= 11 is 0. The van der Waals surface area contributed by atoms with Crippen LogP contribution in [0.1, 0.15) is 33.6 Å². The first-order valence-corrected chi connectivity index (χ1v) is 4.36. The average Bonchev–Trinajstić information content (AvgIpc) is 2.00. The summed E-state index contributed by atoms with van der Waals surface area (Å²) in [6.45, 7) is 5.37. The predicted octanol–water partition coefficient (Wildman–Crippen LogP) is 1.89. The minimum Gasteiger partial charge on any atom is -0.443 e. The zero-order valence-electron chi connectivity index (χ0n) is 8.81. The Morgan fingerprint density at radius 3 is 2.57 bits per heavy atom. The summed E-state index contributed by atoms with van der Waals surface area (Å²) in [5, 5.41) is 2.31. The van der Waals surface area contributed by atoms with Crippen LogP contribution in [0.15, 0.2) is 0 Å². The molecule has 1 amide bonds. The quantitative estimate of drug-likeness (QED) is 0.392. The van der Waals surface area contributed by atoms with Crippen molar-refractivity contribution in [2.24, 2.45) is 0 Å². The van der Waals surface area contributed by atoms with E-state index in [1.165, 1.54) is 0 Å². The molecule has 0 aromatic heterocycles. The Morgan fingerprint density at radius 1 is 1.43 bits per heavy atom. The number of alkyl carbamates (subject to hydrolysis) is 1. The summed E-state index contributed by atoms with van der Waals surface area (Å²) in [5.41, 5.74) is -0.495. The number of nitrogens with one attached hydrogen (secondary N) is 1. The average molecular weight is 193 g/mol. The van der Waals surface area contributed by atoms with Crippen molar-refractivity contribution in [1.29, 1.82) is 0 Å². The van der Waals surface area contributed by atoms with E-state index in [4.69, 9.17) is 11.2 Å². The number of hydrogen-bond acceptors (Lipinski definition) is 2. The number of carbonyl (C=O) groups is 1. The van der Waals surface area contributed by atoms with Gasteiger partial charge in [0.1, 0.15) is 5.60 Å². The van der Waals surface area contributed by atoms with Crippen LogP contribution in [0.5, 0.6) is 0 Å². The van der Waals surface area contributed by atoms with Gasteiger partial charge in [-0.15, -0.1) is 12.3 Å². The standard InChI is InChI=1S/C11H15NO2/c1-5-6-7-8-9-12-10(13)14-11(2,3)4/h1H,6-7H2,2-4H3,(H,12,13). The summed E-state index contributed by atoms with van der Waals surface area (Å²) in [6, 6.07) is 2.47. The molecule has 14 heavy (non-hydrogen) atoms. The van der Waals surface area contributed by atoms with Crippen LogP contribution in [0, 0.1) is 24.3 Å². The molecule has 1 N–H and O–H groups in total. The van der Waals surface area contributed by atoms with Gasteiger partial charge in [-0.2, -0.15) is 0 Å². The van der Waals surface area contributed by atoms with Crippen molar-refractivity contribution in [3.63, 3.8) is 0 Å². The molecule has 0 aromatic carbocycles. The second kappa shape index (κ2) is 5.94. The first kappa shape index (κ1) is 12.4. The molecule has 0 aromatic rings. The second-order valence-electron chi connectivity index (χ2n) is 3.63. The van der Waals surface area contributed by atoms with Gasteiger partial charge in [-0.05, 0) is 20.8 Å². The molecular weight excluding hydrogens is 178 g/mol. The van der Waals surface area contributed by atoms with Crippen LogP contribution in [-0.2, 0) is 4.74 Å². The van der Waals surface area contributed by atoms with E-state index in [0.29, 0.717) is 12.8 Å². The maximum absolute atomic E-state index is 11.0. The molecule has 3 heteroatoms. The number of unbranched alkanes of at least 4 members (excludes halogenated alkanes) is 1. The van der Waals surface area contributed by atoms with Gasteiger partial charge in [0, 0.05) is 18.9 Å². The van der Waals surface area contributed by atoms with Crippen LogP contribution in [0.2, 0.25) is 0 Å². The highest BCUT2D eigenvalue weighted by Crippen LogP contribution is 2.05. The van der Waals surface area contributed by atoms with Crippen LogP contribution >= 0.6 is 0 Å². The molecule has 0 atom stereocenters. The smallest absolute Gasteiger partial charge is 0.419 e. The highest BCUT2D eigenvalue weighted by Gasteiger charge is 2.14. The fourth-order valence-electron chi connectivity index (χ4n) is 0.596. The Labute approximate surface area is 85.2 Å². The van der Waals surface area contributed by atoms with Crippen molar-refractivity contribution in [3.8, 4) is 24.3 Å². The lowest BCUT2D eigenvalue weighted by Crippen LogP contribution is -2.29. The van der Waals surface area contributed by atoms with Crippen molar-refractivity contribution >= 4 is 6.09 Å². The van der Waals surface area contributed by atoms with Crippen molar-refractivity contribution in [2.75, 3.05) is 0 Å². The fraction of sp³-hybridized carbons (Fsp3) is 0.545. The molecule has 0 spiro atoms. The third-order valence-corrected chi connectivity index (χ3v) is 1.05. The number of hydrogen-bond donors (Lipinski definition) is 1. The molecule has 76 valence electrons. The van der Waals surface area contributed by atoms with Gasteiger partial charge in [0.05, 0.1) is 0 Å². The Hall–Kier alpha value is -1.61. The normalized spacial score (nSPS) is 9.29. The van der Waals surface area contributed by atoms with Crippen LogP contribution in [0.25, 0.3) is 0 Å².